The molecule has 19 heavy (non-hydrogen) atoms. The predicted molar refractivity (Wildman–Crippen MR) is 79.0 cm³/mol. The summed E-state index contributed by atoms with van der Waals surface area (Å²) in [5.41, 5.74) is 0.420. The molecule has 1 unspecified atom stereocenters. The first-order valence-electron chi connectivity index (χ1n) is 6.15. The molecule has 106 valence electrons. The number of amides is 1. The van der Waals surface area contributed by atoms with Crippen LogP contribution in [0.15, 0.2) is 18.2 Å². The van der Waals surface area contributed by atoms with Crippen LogP contribution in [0.5, 0.6) is 5.75 Å². The molecule has 1 rings (SSSR count). The van der Waals surface area contributed by atoms with Crippen molar-refractivity contribution in [3.8, 4) is 5.75 Å². The van der Waals surface area contributed by atoms with E-state index in [2.05, 4.69) is 10.6 Å². The van der Waals surface area contributed by atoms with Gasteiger partial charge in [0.05, 0.1) is 17.8 Å². The van der Waals surface area contributed by atoms with Gasteiger partial charge in [0.1, 0.15) is 11.8 Å². The number of hydrogen-bond donors (Lipinski definition) is 2. The summed E-state index contributed by atoms with van der Waals surface area (Å²) in [7, 11) is 1.59. The zero-order valence-corrected chi connectivity index (χ0v) is 12.8. The lowest BCUT2D eigenvalue weighted by molar-refractivity contribution is -0.122. The summed E-state index contributed by atoms with van der Waals surface area (Å²) >= 11 is 6.09. The molecule has 1 atom stereocenters. The van der Waals surface area contributed by atoms with Crippen LogP contribution in [-0.2, 0) is 4.79 Å². The van der Waals surface area contributed by atoms with Crippen LogP contribution in [0.1, 0.15) is 27.7 Å². The van der Waals surface area contributed by atoms with Gasteiger partial charge in [0.25, 0.3) is 0 Å². The molecule has 0 aliphatic rings. The van der Waals surface area contributed by atoms with Crippen LogP contribution in [0.4, 0.5) is 5.69 Å². The second kappa shape index (κ2) is 6.15. The minimum atomic E-state index is -0.385. The number of carbonyl (C=O) groups is 1. The molecule has 2 N–H and O–H groups in total. The van der Waals surface area contributed by atoms with Crippen molar-refractivity contribution >= 4 is 23.2 Å². The minimum Gasteiger partial charge on any atom is -0.497 e. The van der Waals surface area contributed by atoms with E-state index in [1.807, 2.05) is 20.8 Å². The molecular formula is C14H21ClN2O2. The van der Waals surface area contributed by atoms with Gasteiger partial charge in [0.2, 0.25) is 5.91 Å². The van der Waals surface area contributed by atoms with Crippen molar-refractivity contribution in [1.82, 2.24) is 5.32 Å². The Bertz CT molecular complexity index is 455. The summed E-state index contributed by atoms with van der Waals surface area (Å²) in [5.74, 6) is 0.613. The Morgan fingerprint density at radius 1 is 1.37 bits per heavy atom. The van der Waals surface area contributed by atoms with Gasteiger partial charge in [-0.2, -0.15) is 0 Å². The summed E-state index contributed by atoms with van der Waals surface area (Å²) in [6.07, 6.45) is 0. The number of anilines is 1. The zero-order valence-electron chi connectivity index (χ0n) is 12.0. The van der Waals surface area contributed by atoms with Crippen LogP contribution in [0.25, 0.3) is 0 Å². The first-order chi connectivity index (χ1) is 8.73. The first kappa shape index (κ1) is 15.6. The highest BCUT2D eigenvalue weighted by molar-refractivity contribution is 6.33. The van der Waals surface area contributed by atoms with Gasteiger partial charge in [0.15, 0.2) is 0 Å². The van der Waals surface area contributed by atoms with E-state index >= 15 is 0 Å². The van der Waals surface area contributed by atoms with Gasteiger partial charge in [0, 0.05) is 11.6 Å². The number of ether oxygens (including phenoxy) is 1. The van der Waals surface area contributed by atoms with Crippen molar-refractivity contribution in [1.29, 1.82) is 0 Å². The van der Waals surface area contributed by atoms with Crippen molar-refractivity contribution in [3.05, 3.63) is 23.2 Å². The normalized spacial score (nSPS) is 12.7. The summed E-state index contributed by atoms with van der Waals surface area (Å²) in [6.45, 7) is 7.61. The molecule has 1 amide bonds. The van der Waals surface area contributed by atoms with Gasteiger partial charge in [-0.05, 0) is 39.8 Å². The van der Waals surface area contributed by atoms with Gasteiger partial charge < -0.3 is 15.4 Å². The molecule has 1 aromatic rings. The molecule has 0 spiro atoms. The van der Waals surface area contributed by atoms with E-state index < -0.39 is 0 Å². The van der Waals surface area contributed by atoms with E-state index in [-0.39, 0.29) is 17.5 Å². The summed E-state index contributed by atoms with van der Waals surface area (Å²) in [4.78, 5) is 12.0. The minimum absolute atomic E-state index is 0.0774. The third-order valence-corrected chi connectivity index (χ3v) is 2.77. The van der Waals surface area contributed by atoms with Gasteiger partial charge in [-0.25, -0.2) is 0 Å². The van der Waals surface area contributed by atoms with Crippen molar-refractivity contribution in [2.24, 2.45) is 0 Å². The Kier molecular flexibility index (Phi) is 5.06. The molecule has 0 fully saturated rings. The Balaban J connectivity index is 2.76. The third-order valence-electron chi connectivity index (χ3n) is 2.44. The molecule has 0 radical (unpaired) electrons. The number of hydrogen-bond acceptors (Lipinski definition) is 3. The largest absolute Gasteiger partial charge is 0.497 e. The monoisotopic (exact) mass is 284 g/mol. The van der Waals surface area contributed by atoms with Crippen molar-refractivity contribution in [2.75, 3.05) is 12.4 Å². The zero-order chi connectivity index (χ0) is 14.6. The fourth-order valence-corrected chi connectivity index (χ4v) is 1.69. The fraction of sp³-hybridized carbons (Fsp3) is 0.500. The maximum Gasteiger partial charge on any atom is 0.242 e. The average molecular weight is 285 g/mol. The molecule has 4 nitrogen and oxygen atoms in total. The van der Waals surface area contributed by atoms with E-state index in [0.717, 1.165) is 0 Å². The number of nitrogens with one attached hydrogen (secondary N) is 2. The average Bonchev–Trinajstić information content (AvgIpc) is 2.29. The highest BCUT2D eigenvalue weighted by Crippen LogP contribution is 2.27. The van der Waals surface area contributed by atoms with Crippen LogP contribution in [0.3, 0.4) is 0 Å². The summed E-state index contributed by atoms with van der Waals surface area (Å²) < 4.78 is 5.13. The lowest BCUT2D eigenvalue weighted by atomic mass is 10.1. The molecule has 0 aliphatic heterocycles. The molecule has 1 aromatic carbocycles. The van der Waals surface area contributed by atoms with Crippen molar-refractivity contribution in [3.63, 3.8) is 0 Å². The Morgan fingerprint density at radius 3 is 2.53 bits per heavy atom. The molecule has 5 heteroatoms. The van der Waals surface area contributed by atoms with Gasteiger partial charge in [-0.15, -0.1) is 0 Å². The number of rotatable bonds is 4. The molecule has 0 bridgehead atoms. The van der Waals surface area contributed by atoms with Crippen LogP contribution in [0, 0.1) is 0 Å². The van der Waals surface area contributed by atoms with E-state index in [0.29, 0.717) is 16.5 Å². The van der Waals surface area contributed by atoms with Gasteiger partial charge in [-0.1, -0.05) is 11.6 Å². The topological polar surface area (TPSA) is 50.4 Å². The SMILES string of the molecule is COc1ccc(Cl)c(NC(C)C(=O)NC(C)(C)C)c1. The molecule has 0 saturated heterocycles. The quantitative estimate of drug-likeness (QED) is 0.893. The number of methoxy groups -OCH3 is 1. The standard InChI is InChI=1S/C14H21ClN2O2/c1-9(13(18)17-14(2,3)4)16-12-8-10(19-5)6-7-11(12)15/h6-9,16H,1-5H3,(H,17,18). The molecular weight excluding hydrogens is 264 g/mol. The predicted octanol–water partition coefficient (Wildman–Crippen LogP) is 3.06. The second-order valence-electron chi connectivity index (χ2n) is 5.45. The Hall–Kier alpha value is -1.42. The maximum atomic E-state index is 12.0. The van der Waals surface area contributed by atoms with Crippen LogP contribution >= 0.6 is 11.6 Å². The van der Waals surface area contributed by atoms with Crippen LogP contribution < -0.4 is 15.4 Å². The molecule has 0 aromatic heterocycles. The van der Waals surface area contributed by atoms with Crippen molar-refractivity contribution < 1.29 is 9.53 Å². The van der Waals surface area contributed by atoms with E-state index in [1.165, 1.54) is 0 Å². The van der Waals surface area contributed by atoms with Gasteiger partial charge in [-0.3, -0.25) is 4.79 Å². The van der Waals surface area contributed by atoms with E-state index in [4.69, 9.17) is 16.3 Å². The lowest BCUT2D eigenvalue weighted by Gasteiger charge is -2.24. The Labute approximate surface area is 119 Å². The number of carbonyl (C=O) groups excluding carboxylic acids is 1. The number of halogens is 1. The summed E-state index contributed by atoms with van der Waals surface area (Å²) in [6, 6.07) is 4.89. The smallest absolute Gasteiger partial charge is 0.242 e. The first-order valence-corrected chi connectivity index (χ1v) is 6.53. The molecule has 0 aliphatic carbocycles. The van der Waals surface area contributed by atoms with Gasteiger partial charge >= 0.3 is 0 Å². The lowest BCUT2D eigenvalue weighted by Crippen LogP contribution is -2.47. The highest BCUT2D eigenvalue weighted by atomic mass is 35.5. The number of benzene rings is 1. The van der Waals surface area contributed by atoms with E-state index in [1.54, 1.807) is 32.2 Å². The van der Waals surface area contributed by atoms with Crippen molar-refractivity contribution in [2.45, 2.75) is 39.3 Å². The molecule has 0 heterocycles. The molecule has 0 saturated carbocycles. The fourth-order valence-electron chi connectivity index (χ4n) is 1.52. The maximum absolute atomic E-state index is 12.0. The third kappa shape index (κ3) is 4.99. The second-order valence-corrected chi connectivity index (χ2v) is 5.86. The van der Waals surface area contributed by atoms with E-state index in [9.17, 15) is 4.79 Å². The summed E-state index contributed by atoms with van der Waals surface area (Å²) in [5, 5.41) is 6.55. The van der Waals surface area contributed by atoms with Crippen LogP contribution in [0.2, 0.25) is 5.02 Å². The van der Waals surface area contributed by atoms with Crippen LogP contribution in [-0.4, -0.2) is 24.6 Å². The Morgan fingerprint density at radius 2 is 2.00 bits per heavy atom. The highest BCUT2D eigenvalue weighted by Gasteiger charge is 2.19.